The van der Waals surface area contributed by atoms with E-state index in [-0.39, 0.29) is 0 Å². The van der Waals surface area contributed by atoms with Crippen LogP contribution in [0.5, 0.6) is 0 Å². The van der Waals surface area contributed by atoms with Crippen LogP contribution in [0.3, 0.4) is 0 Å². The maximum absolute atomic E-state index is 13.5. The van der Waals surface area contributed by atoms with Gasteiger partial charge in [-0.2, -0.15) is 87.8 Å². The number of aliphatic hydroxyl groups excluding tert-OH is 2. The third-order valence-corrected chi connectivity index (χ3v) is 4.01. The average Bonchev–Trinajstić information content (AvgIpc) is 2.58. The summed E-state index contributed by atoms with van der Waals surface area (Å²) in [5, 5.41) is 17.2. The average molecular weight is 562 g/mol. The van der Waals surface area contributed by atoms with Gasteiger partial charge in [0, 0.05) is 6.42 Å². The summed E-state index contributed by atoms with van der Waals surface area (Å²) >= 11 is 0. The molecule has 2 atom stereocenters. The Balaban J connectivity index is 6.47. The molecule has 0 aromatic heterocycles. The van der Waals surface area contributed by atoms with Gasteiger partial charge in [-0.3, -0.25) is 0 Å². The smallest absolute Gasteiger partial charge is 0.386 e. The second kappa shape index (κ2) is 8.29. The number of aliphatic hydroxyl groups is 2. The van der Waals surface area contributed by atoms with E-state index in [9.17, 15) is 87.8 Å². The summed E-state index contributed by atoms with van der Waals surface area (Å²) < 4.78 is 255. The Morgan fingerprint density at radius 3 is 0.912 bits per heavy atom. The zero-order valence-corrected chi connectivity index (χ0v) is 14.8. The lowest BCUT2D eigenvalue weighted by Gasteiger charge is -2.42. The minimum absolute atomic E-state index is 3.41. The molecule has 0 rings (SSSR count). The molecule has 206 valence electrons. The van der Waals surface area contributed by atoms with Crippen LogP contribution < -0.4 is 0 Å². The molecule has 2 N–H and O–H groups in total. The van der Waals surface area contributed by atoms with E-state index in [0.29, 0.717) is 0 Å². The number of hydrogen-bond acceptors (Lipinski definition) is 2. The SMILES string of the molecule is OC(CC(O)C(F)(F)C(F)(F)C(F)(F)C(F)(F)C(F)(F)C(F)(F)C(F)(F)F)C(F)(F)C(F)(F)F. The number of rotatable bonds is 9. The van der Waals surface area contributed by atoms with Crippen LogP contribution in [-0.2, 0) is 0 Å². The Hall–Kier alpha value is -1.48. The van der Waals surface area contributed by atoms with Gasteiger partial charge in [0.1, 0.15) is 12.2 Å². The van der Waals surface area contributed by atoms with Gasteiger partial charge >= 0.3 is 53.8 Å². The zero-order chi connectivity index (χ0) is 28.4. The Morgan fingerprint density at radius 2 is 0.618 bits per heavy atom. The lowest BCUT2D eigenvalue weighted by atomic mass is 9.87. The van der Waals surface area contributed by atoms with Gasteiger partial charge in [0.15, 0.2) is 0 Å². The van der Waals surface area contributed by atoms with Crippen molar-refractivity contribution in [1.29, 1.82) is 0 Å². The molecule has 0 aromatic rings. The third-order valence-electron chi connectivity index (χ3n) is 4.01. The first-order valence-electron chi connectivity index (χ1n) is 7.44. The van der Waals surface area contributed by atoms with Crippen LogP contribution in [0.25, 0.3) is 0 Å². The van der Waals surface area contributed by atoms with Gasteiger partial charge in [-0.05, 0) is 0 Å². The van der Waals surface area contributed by atoms with Crippen molar-refractivity contribution in [3.63, 3.8) is 0 Å². The van der Waals surface area contributed by atoms with E-state index in [1.807, 2.05) is 0 Å². The van der Waals surface area contributed by atoms with Crippen LogP contribution in [0, 0.1) is 0 Å². The fraction of sp³-hybridized carbons (Fsp3) is 1.00. The minimum Gasteiger partial charge on any atom is -0.386 e. The maximum Gasteiger partial charge on any atom is 0.460 e. The minimum atomic E-state index is -8.75. The van der Waals surface area contributed by atoms with Gasteiger partial charge in [-0.25, -0.2) is 0 Å². The van der Waals surface area contributed by atoms with Gasteiger partial charge in [0.25, 0.3) is 0 Å². The first kappa shape index (κ1) is 32.5. The van der Waals surface area contributed by atoms with Crippen LogP contribution in [0.2, 0.25) is 0 Å². The summed E-state index contributed by atoms with van der Waals surface area (Å²) in [6.07, 6.45) is -28.0. The Kier molecular flexibility index (Phi) is 7.93. The molecule has 0 heterocycles. The molecule has 0 amide bonds. The van der Waals surface area contributed by atoms with E-state index in [4.69, 9.17) is 10.2 Å². The number of alkyl halides is 20. The molecule has 0 aliphatic carbocycles. The van der Waals surface area contributed by atoms with Crippen molar-refractivity contribution in [3.05, 3.63) is 0 Å². The van der Waals surface area contributed by atoms with Gasteiger partial charge in [-0.15, -0.1) is 0 Å². The summed E-state index contributed by atoms with van der Waals surface area (Å²) in [5.41, 5.74) is 0. The van der Waals surface area contributed by atoms with E-state index >= 15 is 0 Å². The molecule has 0 spiro atoms. The van der Waals surface area contributed by atoms with Crippen molar-refractivity contribution in [2.24, 2.45) is 0 Å². The van der Waals surface area contributed by atoms with E-state index in [0.717, 1.165) is 0 Å². The molecular weight excluding hydrogens is 556 g/mol. The predicted molar refractivity (Wildman–Crippen MR) is 63.4 cm³/mol. The maximum atomic E-state index is 13.5. The second-order valence-electron chi connectivity index (χ2n) is 6.38. The Morgan fingerprint density at radius 1 is 0.353 bits per heavy atom. The van der Waals surface area contributed by atoms with Gasteiger partial charge in [-0.1, -0.05) is 0 Å². The molecule has 0 fully saturated rings. The van der Waals surface area contributed by atoms with E-state index < -0.39 is 72.4 Å². The molecule has 22 heteroatoms. The molecular formula is C12H6F20O2. The molecule has 2 nitrogen and oxygen atoms in total. The third kappa shape index (κ3) is 4.43. The highest BCUT2D eigenvalue weighted by atomic mass is 19.4. The zero-order valence-electron chi connectivity index (χ0n) is 14.8. The van der Waals surface area contributed by atoms with Gasteiger partial charge in [0.2, 0.25) is 0 Å². The summed E-state index contributed by atoms with van der Waals surface area (Å²) in [4.78, 5) is 0. The number of halogens is 20. The van der Waals surface area contributed by atoms with Crippen LogP contribution in [0.15, 0.2) is 0 Å². The topological polar surface area (TPSA) is 40.5 Å². The summed E-state index contributed by atoms with van der Waals surface area (Å²) in [5.74, 6) is -56.8. The van der Waals surface area contributed by atoms with Crippen molar-refractivity contribution in [3.8, 4) is 0 Å². The molecule has 0 aliphatic rings. The summed E-state index contributed by atoms with van der Waals surface area (Å²) in [6.45, 7) is 0. The van der Waals surface area contributed by atoms with Crippen LogP contribution >= 0.6 is 0 Å². The second-order valence-corrected chi connectivity index (χ2v) is 6.38. The van der Waals surface area contributed by atoms with Crippen LogP contribution in [0.4, 0.5) is 87.8 Å². The van der Waals surface area contributed by atoms with E-state index in [2.05, 4.69) is 0 Å². The molecule has 0 bridgehead atoms. The predicted octanol–water partition coefficient (Wildman–Crippen LogP) is 5.67. The highest BCUT2D eigenvalue weighted by Gasteiger charge is 2.93. The molecule has 0 saturated heterocycles. The van der Waals surface area contributed by atoms with Gasteiger partial charge in [0.05, 0.1) is 0 Å². The lowest BCUT2D eigenvalue weighted by Crippen LogP contribution is -2.73. The van der Waals surface area contributed by atoms with Crippen molar-refractivity contribution < 1.29 is 98.0 Å². The molecule has 0 radical (unpaired) electrons. The van der Waals surface area contributed by atoms with Crippen molar-refractivity contribution >= 4 is 0 Å². The van der Waals surface area contributed by atoms with Crippen molar-refractivity contribution in [2.45, 2.75) is 72.4 Å². The Labute approximate surface area is 172 Å². The van der Waals surface area contributed by atoms with Crippen LogP contribution in [-0.4, -0.2) is 76.2 Å². The monoisotopic (exact) mass is 562 g/mol. The van der Waals surface area contributed by atoms with E-state index in [1.54, 1.807) is 0 Å². The summed E-state index contributed by atoms with van der Waals surface area (Å²) in [6, 6.07) is 0. The fourth-order valence-corrected chi connectivity index (χ4v) is 1.88. The highest BCUT2D eigenvalue weighted by molar-refractivity contribution is 5.14. The van der Waals surface area contributed by atoms with Crippen LogP contribution in [0.1, 0.15) is 6.42 Å². The lowest BCUT2D eigenvalue weighted by molar-refractivity contribution is -0.456. The first-order chi connectivity index (χ1) is 14.3. The Bertz CT molecular complexity index is 718. The molecule has 34 heavy (non-hydrogen) atoms. The normalized spacial score (nSPS) is 18.2. The van der Waals surface area contributed by atoms with Crippen molar-refractivity contribution in [1.82, 2.24) is 0 Å². The standard InChI is InChI=1S/C12H6F20O2/c13-4(14,2(33)1-3(34)5(15,16)11(27,28)29)6(17,18)7(19,20)8(21,22)9(23,24)10(25,26)12(30,31)32/h2-3,33-34H,1H2. The fourth-order valence-electron chi connectivity index (χ4n) is 1.88. The molecule has 0 aromatic carbocycles. The quantitative estimate of drug-likeness (QED) is 0.356. The van der Waals surface area contributed by atoms with Gasteiger partial charge < -0.3 is 10.2 Å². The first-order valence-corrected chi connectivity index (χ1v) is 7.44. The van der Waals surface area contributed by atoms with E-state index in [1.165, 1.54) is 0 Å². The molecule has 0 saturated carbocycles. The molecule has 2 unspecified atom stereocenters. The molecule has 0 aliphatic heterocycles. The summed E-state index contributed by atoms with van der Waals surface area (Å²) in [7, 11) is 0. The highest BCUT2D eigenvalue weighted by Crippen LogP contribution is 2.62. The van der Waals surface area contributed by atoms with Crippen molar-refractivity contribution in [2.75, 3.05) is 0 Å². The largest absolute Gasteiger partial charge is 0.460 e. The number of hydrogen-bond donors (Lipinski definition) is 2.